The zero-order chi connectivity index (χ0) is 15.6. The zero-order valence-corrected chi connectivity index (χ0v) is 12.6. The number of halogens is 3. The number of nitro groups is 1. The highest BCUT2D eigenvalue weighted by atomic mass is 79.9. The molecule has 0 aliphatic rings. The Morgan fingerprint density at radius 3 is 2.62 bits per heavy atom. The summed E-state index contributed by atoms with van der Waals surface area (Å²) in [7, 11) is 0. The number of hydrogen-bond acceptors (Lipinski definition) is 3. The van der Waals surface area contributed by atoms with Gasteiger partial charge in [-0.05, 0) is 40.2 Å². The molecule has 2 aromatic carbocycles. The van der Waals surface area contributed by atoms with Crippen LogP contribution in [0.2, 0.25) is 5.02 Å². The van der Waals surface area contributed by atoms with E-state index in [4.69, 9.17) is 11.6 Å². The van der Waals surface area contributed by atoms with E-state index in [2.05, 4.69) is 21.2 Å². The molecule has 2 aromatic rings. The van der Waals surface area contributed by atoms with Gasteiger partial charge in [-0.1, -0.05) is 11.6 Å². The number of nitrogens with one attached hydrogen (secondary N) is 1. The average molecular weight is 374 g/mol. The topological polar surface area (TPSA) is 72.2 Å². The molecule has 1 amide bonds. The standard InChI is InChI=1S/C13H7BrClFN2O3/c14-11-5-8(15)1-2-12(11)17-13(19)7-3-9(16)6-10(4-7)18(20)21/h1-6H,(H,17,19). The van der Waals surface area contributed by atoms with Gasteiger partial charge in [0.25, 0.3) is 11.6 Å². The highest BCUT2D eigenvalue weighted by Crippen LogP contribution is 2.26. The van der Waals surface area contributed by atoms with Gasteiger partial charge in [0.15, 0.2) is 0 Å². The highest BCUT2D eigenvalue weighted by Gasteiger charge is 2.15. The Morgan fingerprint density at radius 2 is 2.00 bits per heavy atom. The van der Waals surface area contributed by atoms with Crippen molar-refractivity contribution in [1.29, 1.82) is 0 Å². The second-order valence-corrected chi connectivity index (χ2v) is 5.32. The van der Waals surface area contributed by atoms with Crippen LogP contribution in [-0.4, -0.2) is 10.8 Å². The predicted octanol–water partition coefficient (Wildman–Crippen LogP) is 4.40. The molecule has 0 spiro atoms. The second kappa shape index (κ2) is 6.19. The van der Waals surface area contributed by atoms with E-state index in [-0.39, 0.29) is 5.56 Å². The minimum atomic E-state index is -0.857. The van der Waals surface area contributed by atoms with Gasteiger partial charge in [-0.25, -0.2) is 4.39 Å². The Balaban J connectivity index is 2.30. The number of nitrogens with zero attached hydrogens (tertiary/aromatic N) is 1. The van der Waals surface area contributed by atoms with E-state index in [9.17, 15) is 19.3 Å². The van der Waals surface area contributed by atoms with Crippen molar-refractivity contribution >= 4 is 44.8 Å². The summed E-state index contributed by atoms with van der Waals surface area (Å²) < 4.78 is 13.8. The molecule has 2 rings (SSSR count). The van der Waals surface area contributed by atoms with Gasteiger partial charge >= 0.3 is 0 Å². The molecule has 0 radical (unpaired) electrons. The molecule has 0 aromatic heterocycles. The quantitative estimate of drug-likeness (QED) is 0.640. The third-order valence-corrected chi connectivity index (χ3v) is 3.43. The SMILES string of the molecule is O=C(Nc1ccc(Cl)cc1Br)c1cc(F)cc([N+](=O)[O-])c1. The fourth-order valence-electron chi connectivity index (χ4n) is 1.60. The van der Waals surface area contributed by atoms with E-state index < -0.39 is 22.3 Å². The normalized spacial score (nSPS) is 10.2. The van der Waals surface area contributed by atoms with Gasteiger partial charge in [-0.3, -0.25) is 14.9 Å². The molecule has 0 atom stereocenters. The third kappa shape index (κ3) is 3.77. The van der Waals surface area contributed by atoms with Crippen LogP contribution in [0.3, 0.4) is 0 Å². The van der Waals surface area contributed by atoms with Gasteiger partial charge in [0.1, 0.15) is 5.82 Å². The van der Waals surface area contributed by atoms with Crippen molar-refractivity contribution in [2.24, 2.45) is 0 Å². The number of carbonyl (C=O) groups excluding carboxylic acids is 1. The summed E-state index contributed by atoms with van der Waals surface area (Å²) in [6.07, 6.45) is 0. The van der Waals surface area contributed by atoms with Crippen LogP contribution in [0.4, 0.5) is 15.8 Å². The number of amides is 1. The molecule has 0 fully saturated rings. The fraction of sp³-hybridized carbons (Fsp3) is 0. The van der Waals surface area contributed by atoms with E-state index in [0.717, 1.165) is 18.2 Å². The monoisotopic (exact) mass is 372 g/mol. The number of carbonyl (C=O) groups is 1. The molecule has 0 unspecified atom stereocenters. The number of anilines is 1. The van der Waals surface area contributed by atoms with Crippen LogP contribution in [0.15, 0.2) is 40.9 Å². The lowest BCUT2D eigenvalue weighted by Crippen LogP contribution is -2.13. The number of hydrogen-bond donors (Lipinski definition) is 1. The fourth-order valence-corrected chi connectivity index (χ4v) is 2.38. The molecule has 0 saturated carbocycles. The lowest BCUT2D eigenvalue weighted by Gasteiger charge is -2.08. The summed E-state index contributed by atoms with van der Waals surface area (Å²) in [5.74, 6) is -1.52. The maximum absolute atomic E-state index is 13.3. The Bertz CT molecular complexity index is 739. The van der Waals surface area contributed by atoms with Crippen LogP contribution >= 0.6 is 27.5 Å². The summed E-state index contributed by atoms with van der Waals surface area (Å²) in [5, 5.41) is 13.6. The Hall–Kier alpha value is -1.99. The van der Waals surface area contributed by atoms with Crippen LogP contribution in [-0.2, 0) is 0 Å². The van der Waals surface area contributed by atoms with E-state index in [0.29, 0.717) is 15.2 Å². The summed E-state index contributed by atoms with van der Waals surface area (Å²) in [6.45, 7) is 0. The first-order valence-corrected chi connectivity index (χ1v) is 6.75. The number of non-ortho nitro benzene ring substituents is 1. The van der Waals surface area contributed by atoms with Crippen molar-refractivity contribution in [3.63, 3.8) is 0 Å². The maximum atomic E-state index is 13.3. The van der Waals surface area contributed by atoms with Gasteiger partial charge < -0.3 is 5.32 Å². The molecule has 8 heteroatoms. The molecule has 0 aliphatic carbocycles. The van der Waals surface area contributed by atoms with Crippen LogP contribution < -0.4 is 5.32 Å². The van der Waals surface area contributed by atoms with Crippen molar-refractivity contribution < 1.29 is 14.1 Å². The molecule has 0 heterocycles. The molecule has 0 saturated heterocycles. The number of rotatable bonds is 3. The first-order valence-electron chi connectivity index (χ1n) is 5.58. The summed E-state index contributed by atoms with van der Waals surface area (Å²) in [5.41, 5.74) is -0.227. The molecule has 1 N–H and O–H groups in total. The molecule has 0 aliphatic heterocycles. The van der Waals surface area contributed by atoms with Gasteiger partial charge in [0.05, 0.1) is 16.7 Å². The largest absolute Gasteiger partial charge is 0.321 e. The molecule has 0 bridgehead atoms. The van der Waals surface area contributed by atoms with Gasteiger partial charge in [-0.15, -0.1) is 0 Å². The predicted molar refractivity (Wildman–Crippen MR) is 80.2 cm³/mol. The molecular weight excluding hydrogens is 367 g/mol. The van der Waals surface area contributed by atoms with Crippen LogP contribution in [0.25, 0.3) is 0 Å². The first kappa shape index (κ1) is 15.4. The van der Waals surface area contributed by atoms with Gasteiger partial charge in [0, 0.05) is 21.1 Å². The molecule has 108 valence electrons. The van der Waals surface area contributed by atoms with E-state index in [1.807, 2.05) is 0 Å². The summed E-state index contributed by atoms with van der Waals surface area (Å²) in [4.78, 5) is 21.9. The van der Waals surface area contributed by atoms with Crippen molar-refractivity contribution in [2.45, 2.75) is 0 Å². The number of nitro benzene ring substituents is 1. The first-order chi connectivity index (χ1) is 9.86. The Labute approximate surface area is 132 Å². The van der Waals surface area contributed by atoms with Crippen molar-refractivity contribution in [3.05, 3.63) is 67.4 Å². The van der Waals surface area contributed by atoms with E-state index >= 15 is 0 Å². The lowest BCUT2D eigenvalue weighted by molar-refractivity contribution is -0.385. The molecule has 5 nitrogen and oxygen atoms in total. The van der Waals surface area contributed by atoms with E-state index in [1.54, 1.807) is 18.2 Å². The molecular formula is C13H7BrClFN2O3. The van der Waals surface area contributed by atoms with Crippen LogP contribution in [0, 0.1) is 15.9 Å². The van der Waals surface area contributed by atoms with E-state index in [1.165, 1.54) is 0 Å². The second-order valence-electron chi connectivity index (χ2n) is 4.03. The summed E-state index contributed by atoms with van der Waals surface area (Å²) in [6, 6.07) is 7.36. The Morgan fingerprint density at radius 1 is 1.29 bits per heavy atom. The van der Waals surface area contributed by atoms with Crippen molar-refractivity contribution in [2.75, 3.05) is 5.32 Å². The number of benzene rings is 2. The lowest BCUT2D eigenvalue weighted by atomic mass is 10.1. The van der Waals surface area contributed by atoms with Crippen molar-refractivity contribution in [3.8, 4) is 0 Å². The van der Waals surface area contributed by atoms with Crippen LogP contribution in [0.1, 0.15) is 10.4 Å². The maximum Gasteiger partial charge on any atom is 0.273 e. The molecule has 21 heavy (non-hydrogen) atoms. The Kier molecular flexibility index (Phi) is 4.54. The third-order valence-electron chi connectivity index (χ3n) is 2.53. The van der Waals surface area contributed by atoms with Gasteiger partial charge in [-0.2, -0.15) is 0 Å². The van der Waals surface area contributed by atoms with Crippen LogP contribution in [0.5, 0.6) is 0 Å². The zero-order valence-electron chi connectivity index (χ0n) is 10.3. The summed E-state index contributed by atoms with van der Waals surface area (Å²) >= 11 is 9.00. The smallest absolute Gasteiger partial charge is 0.273 e. The van der Waals surface area contributed by atoms with Gasteiger partial charge in [0.2, 0.25) is 0 Å². The average Bonchev–Trinajstić information content (AvgIpc) is 2.41. The minimum absolute atomic E-state index is 0.149. The van der Waals surface area contributed by atoms with Crippen molar-refractivity contribution in [1.82, 2.24) is 0 Å². The highest BCUT2D eigenvalue weighted by molar-refractivity contribution is 9.10. The minimum Gasteiger partial charge on any atom is -0.321 e.